The minimum absolute atomic E-state index is 0.271. The van der Waals surface area contributed by atoms with E-state index in [0.29, 0.717) is 17.4 Å². The fourth-order valence-corrected chi connectivity index (χ4v) is 7.21. The maximum Gasteiger partial charge on any atom is 0.469 e. The van der Waals surface area contributed by atoms with Gasteiger partial charge in [-0.2, -0.15) is 11.8 Å². The van der Waals surface area contributed by atoms with Crippen molar-refractivity contribution in [2.75, 3.05) is 12.4 Å². The monoisotopic (exact) mass is 679 g/mol. The summed E-state index contributed by atoms with van der Waals surface area (Å²) in [5.41, 5.74) is 0. The zero-order chi connectivity index (χ0) is 33.3. The fourth-order valence-electron chi connectivity index (χ4n) is 5.81. The van der Waals surface area contributed by atoms with Crippen LogP contribution in [0.25, 0.3) is 0 Å². The van der Waals surface area contributed by atoms with Gasteiger partial charge < -0.3 is 14.5 Å². The molecule has 0 fully saturated rings. The molecule has 2 N–H and O–H groups in total. The number of carbonyl (C=O) groups is 1. The third-order valence-corrected chi connectivity index (χ3v) is 10.6. The van der Waals surface area contributed by atoms with Crippen LogP contribution >= 0.6 is 19.6 Å². The normalized spacial score (nSPS) is 13.3. The highest BCUT2D eigenvalue weighted by Crippen LogP contribution is 2.36. The van der Waals surface area contributed by atoms with Gasteiger partial charge >= 0.3 is 13.8 Å². The smallest absolute Gasteiger partial charge is 0.459 e. The molecule has 0 aliphatic rings. The molecule has 0 aliphatic heterocycles. The van der Waals surface area contributed by atoms with Crippen molar-refractivity contribution in [1.82, 2.24) is 0 Å². The molecule has 8 heteroatoms. The molecule has 270 valence electrons. The van der Waals surface area contributed by atoms with Gasteiger partial charge in [0.15, 0.2) is 0 Å². The SMILES string of the molecule is CCCCCCCCCCCCCCCCC(C)SCC(COP(=O)(O)O)OC(=O)CCCCCCCCCCCCCCC. The molecular weight excluding hydrogens is 603 g/mol. The second-order valence-electron chi connectivity index (χ2n) is 13.4. The van der Waals surface area contributed by atoms with Crippen molar-refractivity contribution in [3.63, 3.8) is 0 Å². The van der Waals surface area contributed by atoms with Crippen LogP contribution in [0.2, 0.25) is 0 Å². The van der Waals surface area contributed by atoms with E-state index in [0.717, 1.165) is 25.7 Å². The number of esters is 1. The van der Waals surface area contributed by atoms with Crippen molar-refractivity contribution in [2.24, 2.45) is 0 Å². The van der Waals surface area contributed by atoms with Gasteiger partial charge in [0.05, 0.1) is 6.61 Å². The molecule has 0 rings (SSSR count). The topological polar surface area (TPSA) is 93.1 Å². The third-order valence-electron chi connectivity index (χ3n) is 8.74. The van der Waals surface area contributed by atoms with Gasteiger partial charge in [-0.1, -0.05) is 188 Å². The van der Waals surface area contributed by atoms with Crippen molar-refractivity contribution >= 4 is 25.6 Å². The van der Waals surface area contributed by atoms with E-state index in [-0.39, 0.29) is 12.6 Å². The molecule has 0 heterocycles. The Labute approximate surface area is 284 Å². The van der Waals surface area contributed by atoms with Crippen LogP contribution in [0.4, 0.5) is 0 Å². The summed E-state index contributed by atoms with van der Waals surface area (Å²) in [6, 6.07) is 0. The zero-order valence-corrected chi connectivity index (χ0v) is 31.7. The minimum Gasteiger partial charge on any atom is -0.459 e. The first-order valence-electron chi connectivity index (χ1n) is 19.3. The summed E-state index contributed by atoms with van der Waals surface area (Å²) in [5.74, 6) is 0.196. The largest absolute Gasteiger partial charge is 0.469 e. The average molecular weight is 679 g/mol. The van der Waals surface area contributed by atoms with Crippen LogP contribution in [0.5, 0.6) is 0 Å². The lowest BCUT2D eigenvalue weighted by atomic mass is 10.0. The van der Waals surface area contributed by atoms with Crippen LogP contribution in [-0.2, 0) is 18.6 Å². The lowest BCUT2D eigenvalue weighted by molar-refractivity contribution is -0.149. The summed E-state index contributed by atoms with van der Waals surface area (Å²) in [6.07, 6.45) is 36.0. The average Bonchev–Trinajstić information content (AvgIpc) is 3.00. The Morgan fingerprint density at radius 3 is 1.33 bits per heavy atom. The molecule has 0 aromatic heterocycles. The number of rotatable bonds is 36. The molecule has 0 aliphatic carbocycles. The van der Waals surface area contributed by atoms with Crippen molar-refractivity contribution in [3.8, 4) is 0 Å². The van der Waals surface area contributed by atoms with Crippen LogP contribution in [0.15, 0.2) is 0 Å². The second kappa shape index (κ2) is 33.8. The van der Waals surface area contributed by atoms with E-state index in [4.69, 9.17) is 19.0 Å². The summed E-state index contributed by atoms with van der Waals surface area (Å²) in [4.78, 5) is 30.8. The summed E-state index contributed by atoms with van der Waals surface area (Å²) in [7, 11) is -4.61. The predicted octanol–water partition coefficient (Wildman–Crippen LogP) is 12.5. The second-order valence-corrected chi connectivity index (χ2v) is 16.1. The lowest BCUT2D eigenvalue weighted by Crippen LogP contribution is -2.26. The fraction of sp³-hybridized carbons (Fsp3) is 0.973. The highest BCUT2D eigenvalue weighted by molar-refractivity contribution is 7.99. The van der Waals surface area contributed by atoms with Crippen LogP contribution in [-0.4, -0.2) is 39.5 Å². The van der Waals surface area contributed by atoms with E-state index in [1.165, 1.54) is 154 Å². The van der Waals surface area contributed by atoms with Gasteiger partial charge in [0.25, 0.3) is 0 Å². The van der Waals surface area contributed by atoms with Gasteiger partial charge in [0.2, 0.25) is 0 Å². The number of unbranched alkanes of at least 4 members (excludes halogenated alkanes) is 25. The third kappa shape index (κ3) is 36.6. The highest BCUT2D eigenvalue weighted by atomic mass is 32.2. The van der Waals surface area contributed by atoms with Gasteiger partial charge in [0.1, 0.15) is 6.10 Å². The molecule has 0 saturated carbocycles. The number of phosphoric acid groups is 1. The van der Waals surface area contributed by atoms with Crippen molar-refractivity contribution < 1.29 is 28.4 Å². The molecule has 6 nitrogen and oxygen atoms in total. The number of hydrogen-bond donors (Lipinski definition) is 2. The summed E-state index contributed by atoms with van der Waals surface area (Å²) in [5, 5.41) is 0.402. The number of carbonyl (C=O) groups excluding carboxylic acids is 1. The van der Waals surface area contributed by atoms with E-state index in [1.54, 1.807) is 11.8 Å². The van der Waals surface area contributed by atoms with E-state index in [2.05, 4.69) is 20.8 Å². The Bertz CT molecular complexity index is 673. The molecule has 2 atom stereocenters. The number of thioether (sulfide) groups is 1. The Hall–Kier alpha value is -0.0700. The van der Waals surface area contributed by atoms with Gasteiger partial charge in [0, 0.05) is 17.4 Å². The Kier molecular flexibility index (Phi) is 33.8. The van der Waals surface area contributed by atoms with Crippen LogP contribution in [0, 0.1) is 0 Å². The van der Waals surface area contributed by atoms with E-state index < -0.39 is 13.9 Å². The van der Waals surface area contributed by atoms with Gasteiger partial charge in [-0.3, -0.25) is 9.32 Å². The van der Waals surface area contributed by atoms with E-state index >= 15 is 0 Å². The van der Waals surface area contributed by atoms with Gasteiger partial charge in [-0.05, 0) is 12.8 Å². The van der Waals surface area contributed by atoms with Crippen LogP contribution in [0.1, 0.15) is 207 Å². The first-order valence-corrected chi connectivity index (χ1v) is 21.9. The zero-order valence-electron chi connectivity index (χ0n) is 30.0. The molecule has 0 bridgehead atoms. The van der Waals surface area contributed by atoms with E-state index in [9.17, 15) is 9.36 Å². The molecule has 0 saturated heterocycles. The minimum atomic E-state index is -4.61. The van der Waals surface area contributed by atoms with Gasteiger partial charge in [-0.25, -0.2) is 4.57 Å². The maximum absolute atomic E-state index is 12.5. The maximum atomic E-state index is 12.5. The molecule has 0 spiro atoms. The summed E-state index contributed by atoms with van der Waals surface area (Å²) >= 11 is 1.70. The first-order chi connectivity index (χ1) is 21.8. The van der Waals surface area contributed by atoms with Crippen LogP contribution < -0.4 is 0 Å². The first kappa shape index (κ1) is 44.9. The van der Waals surface area contributed by atoms with Crippen molar-refractivity contribution in [2.45, 2.75) is 218 Å². The Morgan fingerprint density at radius 1 is 0.600 bits per heavy atom. The van der Waals surface area contributed by atoms with Crippen LogP contribution in [0.3, 0.4) is 0 Å². The quantitative estimate of drug-likeness (QED) is 0.0387. The number of ether oxygens (including phenoxy) is 1. The number of hydrogen-bond acceptors (Lipinski definition) is 5. The number of phosphoric ester groups is 1. The van der Waals surface area contributed by atoms with Gasteiger partial charge in [-0.15, -0.1) is 0 Å². The van der Waals surface area contributed by atoms with E-state index in [1.807, 2.05) is 0 Å². The lowest BCUT2D eigenvalue weighted by Gasteiger charge is -2.20. The summed E-state index contributed by atoms with van der Waals surface area (Å²) < 4.78 is 21.6. The molecule has 0 aromatic carbocycles. The molecule has 2 unspecified atom stereocenters. The Balaban J connectivity index is 3.91. The molecular formula is C37H75O6PS. The van der Waals surface area contributed by atoms with Crippen molar-refractivity contribution in [1.29, 1.82) is 0 Å². The standard InChI is InChI=1S/C37H75O6PS/c1-4-6-8-10-12-14-16-18-20-21-23-25-27-29-31-35(3)45-34-36(33-42-44(39,40)41)43-37(38)32-30-28-26-24-22-19-17-15-13-11-9-7-5-2/h35-36H,4-34H2,1-3H3,(H2,39,40,41). The predicted molar refractivity (Wildman–Crippen MR) is 195 cm³/mol. The molecule has 45 heavy (non-hydrogen) atoms. The highest BCUT2D eigenvalue weighted by Gasteiger charge is 2.22. The molecule has 0 amide bonds. The Morgan fingerprint density at radius 2 is 0.956 bits per heavy atom. The molecule has 0 radical (unpaired) electrons. The summed E-state index contributed by atoms with van der Waals surface area (Å²) in [6.45, 7) is 6.44. The molecule has 0 aromatic rings. The van der Waals surface area contributed by atoms with Crippen molar-refractivity contribution in [3.05, 3.63) is 0 Å².